The van der Waals surface area contributed by atoms with Crippen LogP contribution < -0.4 is 22.2 Å². The van der Waals surface area contributed by atoms with Gasteiger partial charge in [-0.2, -0.15) is 0 Å². The van der Waals surface area contributed by atoms with E-state index in [0.29, 0.717) is 49.5 Å². The van der Waals surface area contributed by atoms with Crippen LogP contribution in [0.2, 0.25) is 0 Å². The second-order valence-corrected chi connectivity index (χ2v) is 14.9. The summed E-state index contributed by atoms with van der Waals surface area (Å²) in [6.07, 6.45) is 12.1. The zero-order chi connectivity index (χ0) is 32.5. The van der Waals surface area contributed by atoms with E-state index < -0.39 is 17.1 Å². The van der Waals surface area contributed by atoms with Crippen molar-refractivity contribution in [3.05, 3.63) is 10.1 Å². The van der Waals surface area contributed by atoms with Gasteiger partial charge in [-0.15, -0.1) is 0 Å². The number of likely N-dealkylation sites (tertiary alicyclic amines) is 1. The highest BCUT2D eigenvalue weighted by Gasteiger charge is 2.60. The van der Waals surface area contributed by atoms with Crippen LogP contribution in [0.15, 0.2) is 4.99 Å². The maximum Gasteiger partial charge on any atom is 0.302 e. The van der Waals surface area contributed by atoms with E-state index in [0.717, 1.165) is 44.9 Å². The van der Waals surface area contributed by atoms with Crippen LogP contribution in [0, 0.1) is 44.6 Å². The molecule has 0 aromatic carbocycles. The number of aliphatic imine (C=N–C) groups is 1. The van der Waals surface area contributed by atoms with Crippen LogP contribution in [0.1, 0.15) is 104 Å². The summed E-state index contributed by atoms with van der Waals surface area (Å²) in [6.45, 7) is 7.12. The molecule has 6 N–H and O–H groups in total. The Bertz CT molecular complexity index is 1180. The first-order valence-corrected chi connectivity index (χ1v) is 17.1. The number of nitrogens with two attached hydrogens (primary N) is 2. The van der Waals surface area contributed by atoms with Crippen LogP contribution in [0.4, 0.5) is 0 Å². The molecule has 1 saturated heterocycles. The molecule has 4 saturated carbocycles. The van der Waals surface area contributed by atoms with Crippen molar-refractivity contribution in [2.75, 3.05) is 13.1 Å². The Morgan fingerprint density at radius 3 is 2.53 bits per heavy atom. The molecule has 5 fully saturated rings. The summed E-state index contributed by atoms with van der Waals surface area (Å²) in [5, 5.41) is 13.1. The molecule has 0 bridgehead atoms. The minimum absolute atomic E-state index is 0.0469. The van der Waals surface area contributed by atoms with E-state index in [4.69, 9.17) is 16.2 Å². The third-order valence-electron chi connectivity index (χ3n) is 12.6. The first kappa shape index (κ1) is 33.4. The van der Waals surface area contributed by atoms with Crippen molar-refractivity contribution < 1.29 is 24.2 Å². The molecule has 45 heavy (non-hydrogen) atoms. The van der Waals surface area contributed by atoms with Gasteiger partial charge >= 0.3 is 5.97 Å². The Kier molecular flexibility index (Phi) is 9.96. The molecule has 5 aliphatic rings. The quantitative estimate of drug-likeness (QED) is 0.0739. The molecule has 0 aromatic heterocycles. The van der Waals surface area contributed by atoms with Crippen LogP contribution >= 0.6 is 0 Å². The van der Waals surface area contributed by atoms with Gasteiger partial charge in [0.1, 0.15) is 12.1 Å². The SMILES string of the molecule is CC(=O)OC1CCC2(C)C(CCC3C2CCC2(C)C(NC(=O)C4CCCN4C(=O)C(N)CCCN=C(N)N[N+](=O)[O-])CCC32)C1. The van der Waals surface area contributed by atoms with Crippen molar-refractivity contribution in [3.8, 4) is 0 Å². The van der Waals surface area contributed by atoms with Gasteiger partial charge < -0.3 is 26.4 Å². The lowest BCUT2D eigenvalue weighted by molar-refractivity contribution is -0.525. The van der Waals surface area contributed by atoms with Gasteiger partial charge in [-0.05, 0) is 118 Å². The van der Waals surface area contributed by atoms with Gasteiger partial charge in [-0.1, -0.05) is 19.3 Å². The second kappa shape index (κ2) is 13.4. The van der Waals surface area contributed by atoms with Crippen LogP contribution in [-0.2, 0) is 19.1 Å². The fraction of sp³-hybridized carbons (Fsp3) is 0.875. The Labute approximate surface area is 266 Å². The number of carbonyl (C=O) groups is 3. The molecular weight excluding hydrogens is 578 g/mol. The van der Waals surface area contributed by atoms with E-state index in [9.17, 15) is 24.5 Å². The van der Waals surface area contributed by atoms with E-state index in [2.05, 4.69) is 24.2 Å². The number of amides is 2. The smallest absolute Gasteiger partial charge is 0.302 e. The number of nitrogens with zero attached hydrogens (tertiary/aromatic N) is 3. The molecule has 2 amide bonds. The van der Waals surface area contributed by atoms with Gasteiger partial charge in [-0.3, -0.25) is 14.4 Å². The van der Waals surface area contributed by atoms with Crippen LogP contribution in [-0.4, -0.2) is 71.0 Å². The zero-order valence-corrected chi connectivity index (χ0v) is 27.2. The number of hydrazine groups is 1. The van der Waals surface area contributed by atoms with Gasteiger partial charge in [0, 0.05) is 26.1 Å². The van der Waals surface area contributed by atoms with Gasteiger partial charge in [0.25, 0.3) is 5.96 Å². The Balaban J connectivity index is 1.16. The fourth-order valence-corrected chi connectivity index (χ4v) is 10.3. The molecule has 1 heterocycles. The third-order valence-corrected chi connectivity index (χ3v) is 12.6. The summed E-state index contributed by atoms with van der Waals surface area (Å²) in [7, 11) is 0. The number of fused-ring (bicyclic) bond motifs is 5. The molecule has 13 heteroatoms. The van der Waals surface area contributed by atoms with Gasteiger partial charge in [-0.25, -0.2) is 15.1 Å². The van der Waals surface area contributed by atoms with Crippen molar-refractivity contribution in [1.82, 2.24) is 15.6 Å². The lowest BCUT2D eigenvalue weighted by Gasteiger charge is -2.61. The first-order chi connectivity index (χ1) is 21.3. The van der Waals surface area contributed by atoms with Crippen LogP contribution in [0.3, 0.4) is 0 Å². The Hall–Kier alpha value is -2.96. The van der Waals surface area contributed by atoms with E-state index in [-0.39, 0.29) is 53.3 Å². The average Bonchev–Trinajstić information content (AvgIpc) is 3.59. The minimum Gasteiger partial charge on any atom is -0.463 e. The largest absolute Gasteiger partial charge is 0.463 e. The predicted octanol–water partition coefficient (Wildman–Crippen LogP) is 2.64. The summed E-state index contributed by atoms with van der Waals surface area (Å²) in [4.78, 5) is 54.6. The highest BCUT2D eigenvalue weighted by atomic mass is 16.7. The summed E-state index contributed by atoms with van der Waals surface area (Å²) in [5.41, 5.74) is 13.8. The summed E-state index contributed by atoms with van der Waals surface area (Å²) in [6, 6.07) is -1.19. The van der Waals surface area contributed by atoms with Gasteiger partial charge in [0.05, 0.1) is 6.04 Å². The molecule has 0 spiro atoms. The third kappa shape index (κ3) is 6.78. The monoisotopic (exact) mass is 631 g/mol. The highest BCUT2D eigenvalue weighted by Crippen LogP contribution is 2.66. The number of ether oxygens (including phenoxy) is 1. The Morgan fingerprint density at radius 1 is 1.07 bits per heavy atom. The van der Waals surface area contributed by atoms with Crippen molar-refractivity contribution in [1.29, 1.82) is 0 Å². The van der Waals surface area contributed by atoms with E-state index in [1.54, 1.807) is 10.3 Å². The minimum atomic E-state index is -0.782. The lowest BCUT2D eigenvalue weighted by Crippen LogP contribution is -2.58. The molecule has 0 aromatic rings. The molecule has 13 nitrogen and oxygen atoms in total. The standard InChI is InChI=1S/C32H53N7O6/c1-19(40)45-21-12-14-31(2)20(18-21)8-9-22-23-10-11-27(32(23,3)15-13-24(22)31)36-28(41)26-7-5-17-38(26)29(42)25(33)6-4-16-35-30(34)37-39(43)44/h20-27H,4-18,33H2,1-3H3,(H,36,41)(H3,34,35,37). The maximum atomic E-state index is 13.7. The van der Waals surface area contributed by atoms with Gasteiger partial charge in [0.2, 0.25) is 11.8 Å². The molecule has 1 aliphatic heterocycles. The number of hydrogen-bond acceptors (Lipinski definition) is 8. The number of guanidine groups is 1. The number of nitrogens with one attached hydrogen (secondary N) is 2. The molecule has 10 unspecified atom stereocenters. The van der Waals surface area contributed by atoms with Crippen molar-refractivity contribution in [3.63, 3.8) is 0 Å². The lowest BCUT2D eigenvalue weighted by atomic mass is 9.45. The topological polar surface area (TPSA) is 195 Å². The fourth-order valence-electron chi connectivity index (χ4n) is 10.3. The number of rotatable bonds is 9. The van der Waals surface area contributed by atoms with Gasteiger partial charge in [0.15, 0.2) is 5.03 Å². The number of nitro groups is 1. The highest BCUT2D eigenvalue weighted by molar-refractivity contribution is 5.90. The predicted molar refractivity (Wildman–Crippen MR) is 168 cm³/mol. The second-order valence-electron chi connectivity index (χ2n) is 14.9. The summed E-state index contributed by atoms with van der Waals surface area (Å²) < 4.78 is 5.64. The average molecular weight is 632 g/mol. The molecule has 4 aliphatic carbocycles. The number of carbonyl (C=O) groups excluding carboxylic acids is 3. The van der Waals surface area contributed by atoms with E-state index in [1.807, 2.05) is 0 Å². The number of esters is 1. The van der Waals surface area contributed by atoms with Crippen molar-refractivity contribution in [2.24, 2.45) is 51.0 Å². The molecule has 10 atom stereocenters. The number of hydrogen-bond donors (Lipinski definition) is 4. The summed E-state index contributed by atoms with van der Waals surface area (Å²) >= 11 is 0. The molecular formula is C32H53N7O6. The van der Waals surface area contributed by atoms with Crippen molar-refractivity contribution >= 4 is 23.7 Å². The molecule has 252 valence electrons. The maximum absolute atomic E-state index is 13.7. The van der Waals surface area contributed by atoms with Crippen LogP contribution in [0.25, 0.3) is 0 Å². The Morgan fingerprint density at radius 2 is 1.80 bits per heavy atom. The van der Waals surface area contributed by atoms with Crippen LogP contribution in [0.5, 0.6) is 0 Å². The normalized spacial score (nSPS) is 38.4. The zero-order valence-electron chi connectivity index (χ0n) is 27.2. The molecule has 0 radical (unpaired) electrons. The van der Waals surface area contributed by atoms with E-state index >= 15 is 0 Å². The van der Waals surface area contributed by atoms with Crippen molar-refractivity contribution in [2.45, 2.75) is 128 Å². The molecule has 5 rings (SSSR count). The summed E-state index contributed by atoms with van der Waals surface area (Å²) in [5.74, 6) is 1.76. The van der Waals surface area contributed by atoms with E-state index in [1.165, 1.54) is 26.2 Å². The first-order valence-electron chi connectivity index (χ1n) is 17.1.